The van der Waals surface area contributed by atoms with Gasteiger partial charge in [0, 0.05) is 31.4 Å². The van der Waals surface area contributed by atoms with E-state index in [4.69, 9.17) is 21.6 Å². The Morgan fingerprint density at radius 2 is 2.07 bits per heavy atom. The van der Waals surface area contributed by atoms with E-state index >= 15 is 0 Å². The Kier molecular flexibility index (Phi) is 9.06. The van der Waals surface area contributed by atoms with Gasteiger partial charge in [-0.2, -0.15) is 5.26 Å². The normalized spacial score (nSPS) is 10.9. The molecule has 0 spiro atoms. The van der Waals surface area contributed by atoms with Crippen LogP contribution in [0.5, 0.6) is 0 Å². The van der Waals surface area contributed by atoms with Crippen molar-refractivity contribution in [1.29, 1.82) is 5.26 Å². The van der Waals surface area contributed by atoms with Crippen molar-refractivity contribution in [2.75, 3.05) is 32.2 Å². The fraction of sp³-hybridized carbons (Fsp3) is 0.900. The summed E-state index contributed by atoms with van der Waals surface area (Å²) in [4.78, 5) is 2.23. The summed E-state index contributed by atoms with van der Waals surface area (Å²) in [5.41, 5.74) is 0. The minimum atomic E-state index is 0.461. The molecule has 0 unspecified atom stereocenters. The largest absolute Gasteiger partial charge is 0.379 e. The number of hydrogen-bond donors (Lipinski definition) is 0. The maximum Gasteiger partial charge on any atom is 0.0635 e. The van der Waals surface area contributed by atoms with Gasteiger partial charge in [-0.3, -0.25) is 4.90 Å². The van der Waals surface area contributed by atoms with Crippen molar-refractivity contribution in [2.24, 2.45) is 0 Å². The van der Waals surface area contributed by atoms with Gasteiger partial charge in [0.05, 0.1) is 19.3 Å². The van der Waals surface area contributed by atoms with Crippen molar-refractivity contribution in [3.8, 4) is 6.07 Å². The summed E-state index contributed by atoms with van der Waals surface area (Å²) in [5.74, 6) is 0.542. The number of ether oxygens (including phenoxy) is 1. The van der Waals surface area contributed by atoms with E-state index in [0.717, 1.165) is 13.1 Å². The molecule has 0 bridgehead atoms. The summed E-state index contributed by atoms with van der Waals surface area (Å²) in [6.45, 7) is 7.23. The molecule has 0 heterocycles. The molecule has 0 aliphatic rings. The van der Waals surface area contributed by atoms with Gasteiger partial charge in [0.25, 0.3) is 0 Å². The molecular formula is C10H19ClN2O. The van der Waals surface area contributed by atoms with Crippen molar-refractivity contribution in [2.45, 2.75) is 26.3 Å². The highest BCUT2D eigenvalue weighted by Crippen LogP contribution is 1.99. The minimum Gasteiger partial charge on any atom is -0.379 e. The molecule has 82 valence electrons. The zero-order chi connectivity index (χ0) is 10.8. The first-order valence-electron chi connectivity index (χ1n) is 4.97. The van der Waals surface area contributed by atoms with E-state index in [9.17, 15) is 0 Å². The molecule has 0 fully saturated rings. The number of nitrogens with zero attached hydrogens (tertiary/aromatic N) is 2. The molecule has 14 heavy (non-hydrogen) atoms. The maximum absolute atomic E-state index is 8.48. The summed E-state index contributed by atoms with van der Waals surface area (Å²) in [6, 6.07) is 2.61. The van der Waals surface area contributed by atoms with Crippen LogP contribution in [0.1, 0.15) is 20.3 Å². The van der Waals surface area contributed by atoms with Crippen LogP contribution in [0.25, 0.3) is 0 Å². The van der Waals surface area contributed by atoms with Gasteiger partial charge in [0.15, 0.2) is 0 Å². The van der Waals surface area contributed by atoms with E-state index in [-0.39, 0.29) is 0 Å². The third kappa shape index (κ3) is 7.14. The first-order chi connectivity index (χ1) is 6.72. The van der Waals surface area contributed by atoms with Gasteiger partial charge in [0.1, 0.15) is 0 Å². The van der Waals surface area contributed by atoms with Crippen LogP contribution < -0.4 is 0 Å². The number of rotatable bonds is 8. The molecule has 3 nitrogen and oxygen atoms in total. The number of halogens is 1. The fourth-order valence-electron chi connectivity index (χ4n) is 1.16. The van der Waals surface area contributed by atoms with Crippen LogP contribution in [0.3, 0.4) is 0 Å². The van der Waals surface area contributed by atoms with Crippen LogP contribution in [-0.4, -0.2) is 43.1 Å². The Hall–Kier alpha value is -0.300. The molecule has 0 rings (SSSR count). The summed E-state index contributed by atoms with van der Waals surface area (Å²) in [7, 11) is 0. The van der Waals surface area contributed by atoms with Gasteiger partial charge < -0.3 is 4.74 Å². The van der Waals surface area contributed by atoms with Crippen molar-refractivity contribution in [1.82, 2.24) is 4.90 Å². The average Bonchev–Trinajstić information content (AvgIpc) is 2.16. The molecular weight excluding hydrogens is 200 g/mol. The molecule has 0 aliphatic heterocycles. The van der Waals surface area contributed by atoms with E-state index in [1.165, 1.54) is 0 Å². The van der Waals surface area contributed by atoms with Gasteiger partial charge in [-0.15, -0.1) is 11.6 Å². The molecule has 4 heteroatoms. The number of nitriles is 1. The first-order valence-corrected chi connectivity index (χ1v) is 5.50. The highest BCUT2D eigenvalue weighted by molar-refractivity contribution is 6.17. The fourth-order valence-corrected chi connectivity index (χ4v) is 1.27. The van der Waals surface area contributed by atoms with Crippen molar-refractivity contribution in [3.63, 3.8) is 0 Å². The Morgan fingerprint density at radius 1 is 1.36 bits per heavy atom. The summed E-state index contributed by atoms with van der Waals surface area (Å²) >= 11 is 5.48. The van der Waals surface area contributed by atoms with Crippen LogP contribution in [0.15, 0.2) is 0 Å². The van der Waals surface area contributed by atoms with Gasteiger partial charge in [-0.1, -0.05) is 0 Å². The lowest BCUT2D eigenvalue weighted by Gasteiger charge is -2.25. The van der Waals surface area contributed by atoms with Crippen LogP contribution >= 0.6 is 11.6 Å². The lowest BCUT2D eigenvalue weighted by Crippen LogP contribution is -2.34. The molecule has 0 amide bonds. The smallest absolute Gasteiger partial charge is 0.0635 e. The van der Waals surface area contributed by atoms with E-state index in [1.54, 1.807) is 0 Å². The average molecular weight is 219 g/mol. The Labute approximate surface area is 91.6 Å². The molecule has 0 aromatic carbocycles. The van der Waals surface area contributed by atoms with E-state index < -0.39 is 0 Å². The summed E-state index contributed by atoms with van der Waals surface area (Å²) in [5, 5.41) is 8.48. The van der Waals surface area contributed by atoms with Gasteiger partial charge in [-0.05, 0) is 13.8 Å². The van der Waals surface area contributed by atoms with Crippen molar-refractivity contribution >= 4 is 11.6 Å². The minimum absolute atomic E-state index is 0.461. The third-order valence-electron chi connectivity index (χ3n) is 1.99. The second-order valence-corrected chi connectivity index (χ2v) is 3.72. The lowest BCUT2D eigenvalue weighted by molar-refractivity contribution is 0.103. The van der Waals surface area contributed by atoms with Crippen LogP contribution in [0.2, 0.25) is 0 Å². The lowest BCUT2D eigenvalue weighted by atomic mass is 10.3. The molecule has 0 aliphatic carbocycles. The zero-order valence-corrected chi connectivity index (χ0v) is 9.76. The van der Waals surface area contributed by atoms with Gasteiger partial charge >= 0.3 is 0 Å². The monoisotopic (exact) mass is 218 g/mol. The topological polar surface area (TPSA) is 36.3 Å². The van der Waals surface area contributed by atoms with Crippen LogP contribution in [-0.2, 0) is 4.74 Å². The van der Waals surface area contributed by atoms with Crippen molar-refractivity contribution in [3.05, 3.63) is 0 Å². The second kappa shape index (κ2) is 9.26. The molecule has 0 saturated heterocycles. The molecule has 0 aromatic heterocycles. The highest BCUT2D eigenvalue weighted by atomic mass is 35.5. The highest BCUT2D eigenvalue weighted by Gasteiger charge is 2.07. The Balaban J connectivity index is 3.58. The van der Waals surface area contributed by atoms with E-state index in [0.29, 0.717) is 31.6 Å². The standard InChI is InChI=1S/C10H19ClN2O/c1-10(2)13(6-3-5-12)7-9-14-8-4-11/h10H,3-4,6-9H2,1-2H3. The third-order valence-corrected chi connectivity index (χ3v) is 2.14. The maximum atomic E-state index is 8.48. The number of hydrogen-bond acceptors (Lipinski definition) is 3. The van der Waals surface area contributed by atoms with Gasteiger partial charge in [-0.25, -0.2) is 0 Å². The predicted octanol–water partition coefficient (Wildman–Crippen LogP) is 1.87. The molecule has 0 saturated carbocycles. The second-order valence-electron chi connectivity index (χ2n) is 3.34. The first kappa shape index (κ1) is 13.7. The molecule has 0 N–H and O–H groups in total. The van der Waals surface area contributed by atoms with Gasteiger partial charge in [0.2, 0.25) is 0 Å². The van der Waals surface area contributed by atoms with Crippen molar-refractivity contribution < 1.29 is 4.74 Å². The van der Waals surface area contributed by atoms with E-state index in [2.05, 4.69) is 24.8 Å². The van der Waals surface area contributed by atoms with Crippen LogP contribution in [0, 0.1) is 11.3 Å². The molecule has 0 radical (unpaired) electrons. The summed E-state index contributed by atoms with van der Waals surface area (Å²) in [6.07, 6.45) is 0.577. The number of alkyl halides is 1. The predicted molar refractivity (Wildman–Crippen MR) is 58.5 cm³/mol. The SMILES string of the molecule is CC(C)N(CCC#N)CCOCCCl. The molecule has 0 atom stereocenters. The Morgan fingerprint density at radius 3 is 2.57 bits per heavy atom. The van der Waals surface area contributed by atoms with E-state index in [1.807, 2.05) is 0 Å². The zero-order valence-electron chi connectivity index (χ0n) is 9.00. The molecule has 0 aromatic rings. The Bertz CT molecular complexity index is 168. The summed E-state index contributed by atoms with van der Waals surface area (Å²) < 4.78 is 5.29. The quantitative estimate of drug-likeness (QED) is 0.461. The van der Waals surface area contributed by atoms with Crippen LogP contribution in [0.4, 0.5) is 0 Å².